The van der Waals surface area contributed by atoms with E-state index in [2.05, 4.69) is 48.5 Å². The molecule has 1 aliphatic carbocycles. The molecule has 0 aliphatic heterocycles. The lowest BCUT2D eigenvalue weighted by Gasteiger charge is -2.13. The Labute approximate surface area is 126 Å². The van der Waals surface area contributed by atoms with Crippen molar-refractivity contribution in [3.63, 3.8) is 0 Å². The molecule has 1 unspecified atom stereocenters. The number of benzene rings is 2. The van der Waals surface area contributed by atoms with Crippen LogP contribution >= 0.6 is 0 Å². The van der Waals surface area contributed by atoms with Crippen molar-refractivity contribution in [3.05, 3.63) is 60.2 Å². The number of nitrogens with two attached hydrogens (primary N) is 1. The van der Waals surface area contributed by atoms with Gasteiger partial charge in [-0.25, -0.2) is 0 Å². The minimum atomic E-state index is -0.0333. The minimum Gasteiger partial charge on any atom is -0.379 e. The number of rotatable bonds is 7. The summed E-state index contributed by atoms with van der Waals surface area (Å²) in [5.74, 6) is 0.923. The fourth-order valence-electron chi connectivity index (χ4n) is 2.52. The van der Waals surface area contributed by atoms with Crippen LogP contribution < -0.4 is 5.73 Å². The van der Waals surface area contributed by atoms with Gasteiger partial charge in [0.25, 0.3) is 0 Å². The van der Waals surface area contributed by atoms with E-state index in [0.717, 1.165) is 18.1 Å². The van der Waals surface area contributed by atoms with E-state index in [0.29, 0.717) is 6.61 Å². The topological polar surface area (TPSA) is 35.2 Å². The molecule has 0 saturated heterocycles. The zero-order valence-electron chi connectivity index (χ0n) is 12.4. The molecule has 0 spiro atoms. The van der Waals surface area contributed by atoms with Gasteiger partial charge in [0.2, 0.25) is 0 Å². The first-order valence-electron chi connectivity index (χ1n) is 7.81. The molecular formula is C19H23NO. The summed E-state index contributed by atoms with van der Waals surface area (Å²) in [6, 6.07) is 18.8. The molecular weight excluding hydrogens is 258 g/mol. The highest BCUT2D eigenvalue weighted by molar-refractivity contribution is 5.63. The zero-order chi connectivity index (χ0) is 14.5. The summed E-state index contributed by atoms with van der Waals surface area (Å²) >= 11 is 0. The van der Waals surface area contributed by atoms with Crippen molar-refractivity contribution in [2.24, 2.45) is 11.7 Å². The van der Waals surface area contributed by atoms with E-state index in [1.54, 1.807) is 0 Å². The van der Waals surface area contributed by atoms with Crippen LogP contribution in [0.4, 0.5) is 0 Å². The maximum atomic E-state index is 6.19. The maximum Gasteiger partial charge on any atom is 0.0659 e. The highest BCUT2D eigenvalue weighted by atomic mass is 16.5. The molecule has 21 heavy (non-hydrogen) atoms. The third-order valence-corrected chi connectivity index (χ3v) is 4.11. The third kappa shape index (κ3) is 4.16. The summed E-state index contributed by atoms with van der Waals surface area (Å²) in [7, 11) is 0. The van der Waals surface area contributed by atoms with E-state index in [-0.39, 0.29) is 6.04 Å². The molecule has 1 atom stereocenters. The molecule has 2 aromatic rings. The van der Waals surface area contributed by atoms with Gasteiger partial charge in [0, 0.05) is 6.61 Å². The number of hydrogen-bond donors (Lipinski definition) is 1. The van der Waals surface area contributed by atoms with E-state index in [4.69, 9.17) is 10.5 Å². The predicted octanol–water partition coefficient (Wildman–Crippen LogP) is 4.17. The Bertz CT molecular complexity index is 546. The van der Waals surface area contributed by atoms with Gasteiger partial charge in [-0.15, -0.1) is 0 Å². The van der Waals surface area contributed by atoms with Crippen LogP contribution in [-0.2, 0) is 4.74 Å². The summed E-state index contributed by atoms with van der Waals surface area (Å²) in [5.41, 5.74) is 9.79. The Morgan fingerprint density at radius 1 is 0.952 bits per heavy atom. The number of hydrogen-bond acceptors (Lipinski definition) is 2. The molecule has 1 aliphatic rings. The largest absolute Gasteiger partial charge is 0.379 e. The molecule has 2 nitrogen and oxygen atoms in total. The standard InChI is InChI=1S/C19H23NO/c20-19(14-21-13-12-15-6-7-15)18-10-8-17(9-11-18)16-4-2-1-3-5-16/h1-5,8-11,15,19H,6-7,12-14,20H2. The highest BCUT2D eigenvalue weighted by Gasteiger charge is 2.20. The molecule has 0 heterocycles. The molecule has 0 bridgehead atoms. The van der Waals surface area contributed by atoms with Crippen LogP contribution in [0.25, 0.3) is 11.1 Å². The van der Waals surface area contributed by atoms with Crippen molar-refractivity contribution in [2.45, 2.75) is 25.3 Å². The Balaban J connectivity index is 1.53. The van der Waals surface area contributed by atoms with Crippen LogP contribution in [0.2, 0.25) is 0 Å². The van der Waals surface area contributed by atoms with Crippen LogP contribution in [0, 0.1) is 5.92 Å². The van der Waals surface area contributed by atoms with Gasteiger partial charge in [0.15, 0.2) is 0 Å². The molecule has 0 radical (unpaired) electrons. The van der Waals surface area contributed by atoms with Gasteiger partial charge in [-0.1, -0.05) is 67.4 Å². The lowest BCUT2D eigenvalue weighted by molar-refractivity contribution is 0.115. The van der Waals surface area contributed by atoms with Crippen LogP contribution in [0.1, 0.15) is 30.9 Å². The quantitative estimate of drug-likeness (QED) is 0.773. The normalized spacial score (nSPS) is 15.9. The maximum absolute atomic E-state index is 6.19. The Hall–Kier alpha value is -1.64. The second-order valence-corrected chi connectivity index (χ2v) is 5.90. The number of ether oxygens (including phenoxy) is 1. The van der Waals surface area contributed by atoms with Gasteiger partial charge in [0.05, 0.1) is 12.6 Å². The molecule has 2 heteroatoms. The van der Waals surface area contributed by atoms with E-state index < -0.39 is 0 Å². The Kier molecular flexibility index (Phi) is 4.69. The van der Waals surface area contributed by atoms with Crippen molar-refractivity contribution >= 4 is 0 Å². The SMILES string of the molecule is NC(COCCC1CC1)c1ccc(-c2ccccc2)cc1. The molecule has 110 valence electrons. The Morgan fingerprint density at radius 2 is 1.62 bits per heavy atom. The fourth-order valence-corrected chi connectivity index (χ4v) is 2.52. The van der Waals surface area contributed by atoms with Crippen LogP contribution in [0.15, 0.2) is 54.6 Å². The average molecular weight is 281 g/mol. The Morgan fingerprint density at radius 3 is 2.29 bits per heavy atom. The van der Waals surface area contributed by atoms with Gasteiger partial charge in [-0.3, -0.25) is 0 Å². The van der Waals surface area contributed by atoms with Gasteiger partial charge in [0.1, 0.15) is 0 Å². The fraction of sp³-hybridized carbons (Fsp3) is 0.368. The molecule has 1 saturated carbocycles. The smallest absolute Gasteiger partial charge is 0.0659 e. The monoisotopic (exact) mass is 281 g/mol. The van der Waals surface area contributed by atoms with Crippen LogP contribution in [0.3, 0.4) is 0 Å². The second kappa shape index (κ2) is 6.88. The third-order valence-electron chi connectivity index (χ3n) is 4.11. The van der Waals surface area contributed by atoms with Crippen molar-refractivity contribution in [1.29, 1.82) is 0 Å². The van der Waals surface area contributed by atoms with Gasteiger partial charge >= 0.3 is 0 Å². The first kappa shape index (κ1) is 14.3. The van der Waals surface area contributed by atoms with Crippen molar-refractivity contribution in [3.8, 4) is 11.1 Å². The second-order valence-electron chi connectivity index (χ2n) is 5.90. The van der Waals surface area contributed by atoms with Crippen molar-refractivity contribution in [1.82, 2.24) is 0 Å². The van der Waals surface area contributed by atoms with E-state index in [9.17, 15) is 0 Å². The summed E-state index contributed by atoms with van der Waals surface area (Å²) in [6.07, 6.45) is 3.96. The van der Waals surface area contributed by atoms with Crippen LogP contribution in [0.5, 0.6) is 0 Å². The summed E-state index contributed by atoms with van der Waals surface area (Å²) < 4.78 is 5.69. The van der Waals surface area contributed by atoms with E-state index >= 15 is 0 Å². The lowest BCUT2D eigenvalue weighted by Crippen LogP contribution is -2.17. The minimum absolute atomic E-state index is 0.0333. The molecule has 0 aromatic heterocycles. The van der Waals surface area contributed by atoms with E-state index in [1.165, 1.54) is 30.4 Å². The van der Waals surface area contributed by atoms with Crippen LogP contribution in [-0.4, -0.2) is 13.2 Å². The van der Waals surface area contributed by atoms with Gasteiger partial charge in [-0.05, 0) is 29.0 Å². The zero-order valence-corrected chi connectivity index (χ0v) is 12.4. The average Bonchev–Trinajstić information content (AvgIpc) is 3.37. The summed E-state index contributed by atoms with van der Waals surface area (Å²) in [5, 5.41) is 0. The molecule has 0 amide bonds. The summed E-state index contributed by atoms with van der Waals surface area (Å²) in [6.45, 7) is 1.46. The molecule has 2 aromatic carbocycles. The van der Waals surface area contributed by atoms with Gasteiger partial charge in [-0.2, -0.15) is 0 Å². The van der Waals surface area contributed by atoms with E-state index in [1.807, 2.05) is 6.07 Å². The molecule has 2 N–H and O–H groups in total. The molecule has 1 fully saturated rings. The molecule has 3 rings (SSSR count). The van der Waals surface area contributed by atoms with Crippen molar-refractivity contribution < 1.29 is 4.74 Å². The van der Waals surface area contributed by atoms with Gasteiger partial charge < -0.3 is 10.5 Å². The summed E-state index contributed by atoms with van der Waals surface area (Å²) in [4.78, 5) is 0. The lowest BCUT2D eigenvalue weighted by atomic mass is 10.0. The first-order valence-corrected chi connectivity index (χ1v) is 7.81. The first-order chi connectivity index (χ1) is 10.3. The van der Waals surface area contributed by atoms with Crippen molar-refractivity contribution in [2.75, 3.05) is 13.2 Å². The highest BCUT2D eigenvalue weighted by Crippen LogP contribution is 2.32. The predicted molar refractivity (Wildman–Crippen MR) is 87.0 cm³/mol.